The molecule has 84 valence electrons. The summed E-state index contributed by atoms with van der Waals surface area (Å²) in [6.07, 6.45) is 1.45. The molecular weight excluding hydrogens is 208 g/mol. The standard InChI is InChI=1S/C11H12N2O3/c1-14-8-3-2-4-9(5-8)15-7-11-10(12)6-13-16-11/h2-6H,7,12H2,1H3. The number of benzene rings is 1. The summed E-state index contributed by atoms with van der Waals surface area (Å²) in [5.74, 6) is 1.95. The first-order valence-electron chi connectivity index (χ1n) is 4.75. The summed E-state index contributed by atoms with van der Waals surface area (Å²) in [7, 11) is 1.60. The minimum Gasteiger partial charge on any atom is -0.497 e. The highest BCUT2D eigenvalue weighted by Gasteiger charge is 2.05. The van der Waals surface area contributed by atoms with E-state index in [9.17, 15) is 0 Å². The predicted octanol–water partition coefficient (Wildman–Crippen LogP) is 1.84. The maximum absolute atomic E-state index is 5.60. The lowest BCUT2D eigenvalue weighted by molar-refractivity contribution is 0.249. The largest absolute Gasteiger partial charge is 0.497 e. The molecule has 2 rings (SSSR count). The van der Waals surface area contributed by atoms with Crippen LogP contribution in [0, 0.1) is 0 Å². The van der Waals surface area contributed by atoms with Crippen LogP contribution >= 0.6 is 0 Å². The molecular formula is C11H12N2O3. The first-order valence-corrected chi connectivity index (χ1v) is 4.75. The Morgan fingerprint density at radius 2 is 2.19 bits per heavy atom. The average molecular weight is 220 g/mol. The number of hydrogen-bond acceptors (Lipinski definition) is 5. The number of ether oxygens (including phenoxy) is 2. The van der Waals surface area contributed by atoms with Crippen molar-refractivity contribution < 1.29 is 14.0 Å². The number of methoxy groups -OCH3 is 1. The first-order chi connectivity index (χ1) is 7.79. The van der Waals surface area contributed by atoms with Crippen molar-refractivity contribution in [2.45, 2.75) is 6.61 Å². The lowest BCUT2D eigenvalue weighted by Crippen LogP contribution is -1.97. The van der Waals surface area contributed by atoms with Gasteiger partial charge in [0.05, 0.1) is 19.0 Å². The molecule has 0 radical (unpaired) electrons. The van der Waals surface area contributed by atoms with Crippen LogP contribution in [0.2, 0.25) is 0 Å². The Kier molecular flexibility index (Phi) is 2.95. The molecule has 0 aliphatic rings. The third-order valence-electron chi connectivity index (χ3n) is 2.09. The highest BCUT2D eigenvalue weighted by molar-refractivity contribution is 5.38. The minimum absolute atomic E-state index is 0.249. The van der Waals surface area contributed by atoms with E-state index in [0.29, 0.717) is 17.2 Å². The Morgan fingerprint density at radius 3 is 2.88 bits per heavy atom. The van der Waals surface area contributed by atoms with Gasteiger partial charge in [0.2, 0.25) is 0 Å². The molecule has 5 heteroatoms. The molecule has 0 unspecified atom stereocenters. The lowest BCUT2D eigenvalue weighted by Gasteiger charge is -2.05. The number of hydrogen-bond donors (Lipinski definition) is 1. The van der Waals surface area contributed by atoms with Crippen LogP contribution in [-0.2, 0) is 6.61 Å². The molecule has 1 aromatic carbocycles. The Hall–Kier alpha value is -2.17. The summed E-state index contributed by atoms with van der Waals surface area (Å²) in [6.45, 7) is 0.249. The molecule has 0 saturated heterocycles. The Labute approximate surface area is 92.8 Å². The predicted molar refractivity (Wildman–Crippen MR) is 58.2 cm³/mol. The average Bonchev–Trinajstić information content (AvgIpc) is 2.72. The second kappa shape index (κ2) is 4.57. The second-order valence-corrected chi connectivity index (χ2v) is 3.17. The molecule has 5 nitrogen and oxygen atoms in total. The molecule has 0 aliphatic heterocycles. The summed E-state index contributed by atoms with van der Waals surface area (Å²) in [5.41, 5.74) is 6.09. The first kappa shape index (κ1) is 10.4. The highest BCUT2D eigenvalue weighted by Crippen LogP contribution is 2.20. The number of nitrogens with zero attached hydrogens (tertiary/aromatic N) is 1. The molecule has 1 aromatic heterocycles. The van der Waals surface area contributed by atoms with Crippen LogP contribution < -0.4 is 15.2 Å². The Bertz CT molecular complexity index is 468. The van der Waals surface area contributed by atoms with Crippen LogP contribution in [-0.4, -0.2) is 12.3 Å². The van der Waals surface area contributed by atoms with E-state index in [1.165, 1.54) is 6.20 Å². The summed E-state index contributed by atoms with van der Waals surface area (Å²) < 4.78 is 15.5. The van der Waals surface area contributed by atoms with Crippen molar-refractivity contribution in [1.29, 1.82) is 0 Å². The van der Waals surface area contributed by atoms with Gasteiger partial charge in [0.15, 0.2) is 12.4 Å². The molecule has 16 heavy (non-hydrogen) atoms. The number of nitrogens with two attached hydrogens (primary N) is 1. The van der Waals surface area contributed by atoms with E-state index >= 15 is 0 Å². The van der Waals surface area contributed by atoms with Gasteiger partial charge in [-0.15, -0.1) is 0 Å². The van der Waals surface area contributed by atoms with Gasteiger partial charge >= 0.3 is 0 Å². The molecule has 0 spiro atoms. The molecule has 0 amide bonds. The third-order valence-corrected chi connectivity index (χ3v) is 2.09. The topological polar surface area (TPSA) is 70.5 Å². The third kappa shape index (κ3) is 2.25. The van der Waals surface area contributed by atoms with Gasteiger partial charge in [-0.25, -0.2) is 0 Å². The Morgan fingerprint density at radius 1 is 1.38 bits per heavy atom. The van der Waals surface area contributed by atoms with Crippen molar-refractivity contribution in [3.8, 4) is 11.5 Å². The van der Waals surface area contributed by atoms with Crippen LogP contribution in [0.5, 0.6) is 11.5 Å². The normalized spacial score (nSPS) is 10.1. The van der Waals surface area contributed by atoms with Gasteiger partial charge in [-0.05, 0) is 12.1 Å². The zero-order chi connectivity index (χ0) is 11.4. The van der Waals surface area contributed by atoms with Crippen molar-refractivity contribution in [3.05, 3.63) is 36.2 Å². The van der Waals surface area contributed by atoms with Gasteiger partial charge in [-0.1, -0.05) is 11.2 Å². The maximum atomic E-state index is 5.60. The highest BCUT2D eigenvalue weighted by atomic mass is 16.5. The second-order valence-electron chi connectivity index (χ2n) is 3.17. The van der Waals surface area contributed by atoms with E-state index in [2.05, 4.69) is 5.16 Å². The van der Waals surface area contributed by atoms with E-state index in [0.717, 1.165) is 5.75 Å². The SMILES string of the molecule is COc1cccc(OCc2oncc2N)c1. The number of aromatic nitrogens is 1. The van der Waals surface area contributed by atoms with Crippen LogP contribution in [0.4, 0.5) is 5.69 Å². The molecule has 2 aromatic rings. The molecule has 0 aliphatic carbocycles. The van der Waals surface area contributed by atoms with E-state index in [-0.39, 0.29) is 6.61 Å². The van der Waals surface area contributed by atoms with Gasteiger partial charge in [-0.2, -0.15) is 0 Å². The van der Waals surface area contributed by atoms with E-state index in [1.54, 1.807) is 13.2 Å². The molecule has 0 saturated carbocycles. The van der Waals surface area contributed by atoms with Crippen molar-refractivity contribution in [1.82, 2.24) is 5.16 Å². The fourth-order valence-corrected chi connectivity index (χ4v) is 1.22. The van der Waals surface area contributed by atoms with Gasteiger partial charge in [-0.3, -0.25) is 0 Å². The van der Waals surface area contributed by atoms with E-state index < -0.39 is 0 Å². The summed E-state index contributed by atoms with van der Waals surface area (Å²) in [6, 6.07) is 7.30. The van der Waals surface area contributed by atoms with Crippen LogP contribution in [0.15, 0.2) is 35.0 Å². The molecule has 1 heterocycles. The molecule has 0 bridgehead atoms. The fourth-order valence-electron chi connectivity index (χ4n) is 1.22. The van der Waals surface area contributed by atoms with Gasteiger partial charge in [0, 0.05) is 6.07 Å². The van der Waals surface area contributed by atoms with Crippen molar-refractivity contribution in [2.75, 3.05) is 12.8 Å². The van der Waals surface area contributed by atoms with Crippen LogP contribution in [0.25, 0.3) is 0 Å². The number of nitrogen functional groups attached to an aromatic ring is 1. The summed E-state index contributed by atoms with van der Waals surface area (Å²) >= 11 is 0. The van der Waals surface area contributed by atoms with Crippen molar-refractivity contribution in [2.24, 2.45) is 0 Å². The number of rotatable bonds is 4. The zero-order valence-electron chi connectivity index (χ0n) is 8.84. The minimum atomic E-state index is 0.249. The smallest absolute Gasteiger partial charge is 0.196 e. The zero-order valence-corrected chi connectivity index (χ0v) is 8.84. The Balaban J connectivity index is 2.02. The number of anilines is 1. The fraction of sp³-hybridized carbons (Fsp3) is 0.182. The molecule has 2 N–H and O–H groups in total. The summed E-state index contributed by atoms with van der Waals surface area (Å²) in [4.78, 5) is 0. The van der Waals surface area contributed by atoms with Gasteiger partial charge < -0.3 is 19.7 Å². The molecule has 0 atom stereocenters. The molecule has 0 fully saturated rings. The van der Waals surface area contributed by atoms with Crippen molar-refractivity contribution in [3.63, 3.8) is 0 Å². The van der Waals surface area contributed by atoms with E-state index in [4.69, 9.17) is 19.7 Å². The van der Waals surface area contributed by atoms with Crippen molar-refractivity contribution >= 4 is 5.69 Å². The summed E-state index contributed by atoms with van der Waals surface area (Å²) in [5, 5.41) is 3.56. The van der Waals surface area contributed by atoms with Gasteiger partial charge in [0.1, 0.15) is 11.5 Å². The monoisotopic (exact) mass is 220 g/mol. The van der Waals surface area contributed by atoms with Gasteiger partial charge in [0.25, 0.3) is 0 Å². The quantitative estimate of drug-likeness (QED) is 0.851. The maximum Gasteiger partial charge on any atom is 0.196 e. The van der Waals surface area contributed by atoms with Crippen LogP contribution in [0.1, 0.15) is 5.76 Å². The lowest BCUT2D eigenvalue weighted by atomic mass is 10.3. The van der Waals surface area contributed by atoms with E-state index in [1.807, 2.05) is 18.2 Å². The van der Waals surface area contributed by atoms with Crippen LogP contribution in [0.3, 0.4) is 0 Å².